The summed E-state index contributed by atoms with van der Waals surface area (Å²) in [5.74, 6) is -0.497. The number of nitrogens with zero attached hydrogens (tertiary/aromatic N) is 3. The van der Waals surface area contributed by atoms with Crippen LogP contribution in [0, 0.1) is 0 Å². The van der Waals surface area contributed by atoms with Gasteiger partial charge in [-0.1, -0.05) is 17.4 Å². The van der Waals surface area contributed by atoms with Crippen LogP contribution in [0.25, 0.3) is 0 Å². The summed E-state index contributed by atoms with van der Waals surface area (Å²) in [6.45, 7) is 2.71. The Morgan fingerprint density at radius 3 is 2.73 bits per heavy atom. The highest BCUT2D eigenvalue weighted by Crippen LogP contribution is 2.18. The molecule has 0 fully saturated rings. The third kappa shape index (κ3) is 3.05. The van der Waals surface area contributed by atoms with E-state index in [2.05, 4.69) is 10.3 Å². The predicted molar refractivity (Wildman–Crippen MR) is 57.8 cm³/mol. The van der Waals surface area contributed by atoms with Gasteiger partial charge in [0.1, 0.15) is 5.69 Å². The number of hydrogen-bond acceptors (Lipinski definition) is 3. The molecule has 1 aromatic carbocycles. The molecule has 1 amide bonds. The number of rotatable bonds is 4. The molecule has 0 unspecified atom stereocenters. The molecule has 0 saturated carbocycles. The molecule has 1 rings (SSSR count). The van der Waals surface area contributed by atoms with E-state index >= 15 is 0 Å². The first kappa shape index (κ1) is 11.2. The van der Waals surface area contributed by atoms with Gasteiger partial charge >= 0.3 is 0 Å². The van der Waals surface area contributed by atoms with Gasteiger partial charge < -0.3 is 5.73 Å². The summed E-state index contributed by atoms with van der Waals surface area (Å²) < 4.78 is 0. The van der Waals surface area contributed by atoms with E-state index in [9.17, 15) is 4.79 Å². The van der Waals surface area contributed by atoms with Crippen LogP contribution in [0.5, 0.6) is 0 Å². The predicted octanol–water partition coefficient (Wildman–Crippen LogP) is 1.74. The van der Waals surface area contributed by atoms with Crippen LogP contribution in [0.4, 0.5) is 5.69 Å². The van der Waals surface area contributed by atoms with Gasteiger partial charge in [-0.25, -0.2) is 0 Å². The van der Waals surface area contributed by atoms with Gasteiger partial charge in [0.2, 0.25) is 0 Å². The third-order valence-corrected chi connectivity index (χ3v) is 1.93. The third-order valence-electron chi connectivity index (χ3n) is 1.93. The first-order valence-corrected chi connectivity index (χ1v) is 4.66. The Labute approximate surface area is 88.6 Å². The first-order valence-electron chi connectivity index (χ1n) is 4.66. The van der Waals surface area contributed by atoms with E-state index in [1.54, 1.807) is 36.3 Å². The second kappa shape index (κ2) is 5.09. The number of carbonyl (C=O) groups is 1. The van der Waals surface area contributed by atoms with E-state index in [0.717, 1.165) is 6.54 Å². The largest absolute Gasteiger partial charge is 0.366 e. The van der Waals surface area contributed by atoms with E-state index < -0.39 is 5.91 Å². The molecule has 5 heteroatoms. The molecule has 0 aromatic heterocycles. The average Bonchev–Trinajstić information content (AvgIpc) is 2.26. The van der Waals surface area contributed by atoms with Crippen molar-refractivity contribution < 1.29 is 4.79 Å². The van der Waals surface area contributed by atoms with Crippen LogP contribution in [-0.4, -0.2) is 24.5 Å². The maximum absolute atomic E-state index is 11.0. The van der Waals surface area contributed by atoms with E-state index in [-0.39, 0.29) is 0 Å². The zero-order valence-electron chi connectivity index (χ0n) is 8.84. The normalized spacial score (nSPS) is 10.5. The minimum absolute atomic E-state index is 0.380. The molecule has 0 spiro atoms. The van der Waals surface area contributed by atoms with Crippen LogP contribution in [0.1, 0.15) is 17.3 Å². The summed E-state index contributed by atoms with van der Waals surface area (Å²) in [5.41, 5.74) is 6.07. The Morgan fingerprint density at radius 2 is 2.13 bits per heavy atom. The molecular weight excluding hydrogens is 192 g/mol. The van der Waals surface area contributed by atoms with E-state index in [1.165, 1.54) is 0 Å². The molecule has 0 saturated heterocycles. The summed E-state index contributed by atoms with van der Waals surface area (Å²) in [6, 6.07) is 6.85. The number of benzene rings is 1. The zero-order chi connectivity index (χ0) is 11.3. The standard InChI is InChI=1S/C10H14N4O/c1-3-14(2)13-12-9-7-5-4-6-8(9)10(11)15/h4-7H,3H2,1-2H3,(H2,11,15). The van der Waals surface area contributed by atoms with Crippen LogP contribution >= 0.6 is 0 Å². The second-order valence-corrected chi connectivity index (χ2v) is 3.04. The van der Waals surface area contributed by atoms with Gasteiger partial charge in [0.15, 0.2) is 0 Å². The lowest BCUT2D eigenvalue weighted by Crippen LogP contribution is -2.11. The summed E-state index contributed by atoms with van der Waals surface area (Å²) in [5, 5.41) is 9.52. The lowest BCUT2D eigenvalue weighted by atomic mass is 10.2. The average molecular weight is 206 g/mol. The summed E-state index contributed by atoms with van der Waals surface area (Å²) in [4.78, 5) is 11.0. The van der Waals surface area contributed by atoms with Gasteiger partial charge in [0.25, 0.3) is 5.91 Å². The molecule has 0 bridgehead atoms. The number of carbonyl (C=O) groups excluding carboxylic acids is 1. The van der Waals surface area contributed by atoms with Crippen molar-refractivity contribution in [2.45, 2.75) is 6.92 Å². The number of nitrogens with two attached hydrogens (primary N) is 1. The Balaban J connectivity index is 2.94. The van der Waals surface area contributed by atoms with E-state index in [4.69, 9.17) is 5.73 Å². The molecule has 0 radical (unpaired) electrons. The quantitative estimate of drug-likeness (QED) is 0.602. The van der Waals surface area contributed by atoms with Gasteiger partial charge in [-0.15, -0.1) is 5.11 Å². The molecule has 0 aliphatic rings. The maximum atomic E-state index is 11.0. The fraction of sp³-hybridized carbons (Fsp3) is 0.300. The summed E-state index contributed by atoms with van der Waals surface area (Å²) in [6.07, 6.45) is 0. The fourth-order valence-corrected chi connectivity index (χ4v) is 0.957. The highest BCUT2D eigenvalue weighted by atomic mass is 16.1. The minimum atomic E-state index is -0.497. The smallest absolute Gasteiger partial charge is 0.250 e. The van der Waals surface area contributed by atoms with E-state index in [0.29, 0.717) is 11.3 Å². The summed E-state index contributed by atoms with van der Waals surface area (Å²) in [7, 11) is 1.80. The molecule has 15 heavy (non-hydrogen) atoms. The van der Waals surface area contributed by atoms with Crippen LogP contribution in [0.3, 0.4) is 0 Å². The van der Waals surface area contributed by atoms with Gasteiger partial charge in [0.05, 0.1) is 5.56 Å². The van der Waals surface area contributed by atoms with Crippen molar-refractivity contribution in [3.63, 3.8) is 0 Å². The van der Waals surface area contributed by atoms with Crippen molar-refractivity contribution in [1.29, 1.82) is 0 Å². The molecule has 5 nitrogen and oxygen atoms in total. The number of hydrogen-bond donors (Lipinski definition) is 1. The Hall–Kier alpha value is -1.91. The molecule has 80 valence electrons. The Kier molecular flexibility index (Phi) is 3.79. The maximum Gasteiger partial charge on any atom is 0.250 e. The van der Waals surface area contributed by atoms with Crippen LogP contribution in [-0.2, 0) is 0 Å². The molecule has 0 heterocycles. The Morgan fingerprint density at radius 1 is 1.47 bits per heavy atom. The molecule has 2 N–H and O–H groups in total. The van der Waals surface area contributed by atoms with Crippen molar-refractivity contribution in [2.75, 3.05) is 13.6 Å². The van der Waals surface area contributed by atoms with E-state index in [1.807, 2.05) is 6.92 Å². The lowest BCUT2D eigenvalue weighted by Gasteiger charge is -2.06. The molecule has 0 aliphatic carbocycles. The topological polar surface area (TPSA) is 71.1 Å². The fourth-order valence-electron chi connectivity index (χ4n) is 0.957. The van der Waals surface area contributed by atoms with Gasteiger partial charge in [-0.05, 0) is 19.1 Å². The van der Waals surface area contributed by atoms with Crippen molar-refractivity contribution in [2.24, 2.45) is 16.1 Å². The monoisotopic (exact) mass is 206 g/mol. The van der Waals surface area contributed by atoms with Gasteiger partial charge in [-0.2, -0.15) is 0 Å². The minimum Gasteiger partial charge on any atom is -0.366 e. The van der Waals surface area contributed by atoms with Crippen molar-refractivity contribution in [1.82, 2.24) is 5.01 Å². The number of amides is 1. The molecule has 0 aliphatic heterocycles. The highest BCUT2D eigenvalue weighted by molar-refractivity contribution is 5.97. The number of primary amides is 1. The second-order valence-electron chi connectivity index (χ2n) is 3.04. The zero-order valence-corrected chi connectivity index (χ0v) is 8.84. The lowest BCUT2D eigenvalue weighted by molar-refractivity contribution is 0.100. The van der Waals surface area contributed by atoms with Crippen molar-refractivity contribution >= 4 is 11.6 Å². The SMILES string of the molecule is CCN(C)N=Nc1ccccc1C(N)=O. The molecule has 0 atom stereocenters. The van der Waals surface area contributed by atoms with Crippen molar-refractivity contribution in [3.8, 4) is 0 Å². The molecular formula is C10H14N4O. The van der Waals surface area contributed by atoms with Crippen molar-refractivity contribution in [3.05, 3.63) is 29.8 Å². The Bertz CT molecular complexity index is 375. The molecule has 1 aromatic rings. The first-order chi connectivity index (χ1) is 7.15. The van der Waals surface area contributed by atoms with Crippen LogP contribution in [0.15, 0.2) is 34.6 Å². The van der Waals surface area contributed by atoms with Gasteiger partial charge in [-0.3, -0.25) is 9.80 Å². The van der Waals surface area contributed by atoms with Crippen LogP contribution < -0.4 is 5.73 Å². The van der Waals surface area contributed by atoms with Gasteiger partial charge in [0, 0.05) is 13.6 Å². The highest BCUT2D eigenvalue weighted by Gasteiger charge is 2.05. The van der Waals surface area contributed by atoms with Crippen LogP contribution in [0.2, 0.25) is 0 Å². The summed E-state index contributed by atoms with van der Waals surface area (Å²) >= 11 is 0.